The number of nitrogens with one attached hydrogen (secondary N) is 1. The Morgan fingerprint density at radius 1 is 1.10 bits per heavy atom. The fourth-order valence-electron chi connectivity index (χ4n) is 2.41. The van der Waals surface area contributed by atoms with Crippen molar-refractivity contribution in [2.24, 2.45) is 0 Å². The van der Waals surface area contributed by atoms with Gasteiger partial charge in [0.05, 0.1) is 13.7 Å². The molecule has 0 aliphatic heterocycles. The molecule has 108 valence electrons. The molecule has 0 unspecified atom stereocenters. The van der Waals surface area contributed by atoms with E-state index < -0.39 is 0 Å². The van der Waals surface area contributed by atoms with Crippen molar-refractivity contribution in [2.45, 2.75) is 19.5 Å². The van der Waals surface area contributed by atoms with Gasteiger partial charge >= 0.3 is 0 Å². The normalized spacial score (nSPS) is 12.5. The van der Waals surface area contributed by atoms with E-state index >= 15 is 0 Å². The van der Waals surface area contributed by atoms with Crippen LogP contribution in [0.3, 0.4) is 0 Å². The van der Waals surface area contributed by atoms with E-state index in [-0.39, 0.29) is 6.04 Å². The van der Waals surface area contributed by atoms with Crippen molar-refractivity contribution in [2.75, 3.05) is 7.11 Å². The Bertz CT molecular complexity index is 700. The number of ether oxygens (including phenoxy) is 1. The molecule has 0 saturated carbocycles. The van der Waals surface area contributed by atoms with Crippen LogP contribution >= 0.6 is 0 Å². The van der Waals surface area contributed by atoms with Gasteiger partial charge in [-0.2, -0.15) is 0 Å². The third kappa shape index (κ3) is 3.09. The molecule has 0 saturated heterocycles. The predicted molar refractivity (Wildman–Crippen MR) is 84.5 cm³/mol. The first-order valence-corrected chi connectivity index (χ1v) is 7.11. The molecule has 0 bridgehead atoms. The molecule has 3 heteroatoms. The second kappa shape index (κ2) is 6.02. The van der Waals surface area contributed by atoms with E-state index in [1.54, 1.807) is 7.11 Å². The average Bonchev–Trinajstić information content (AvgIpc) is 2.95. The Morgan fingerprint density at radius 2 is 1.95 bits per heavy atom. The summed E-state index contributed by atoms with van der Waals surface area (Å²) in [5, 5.41) is 4.62. The molecule has 1 aromatic heterocycles. The monoisotopic (exact) mass is 281 g/mol. The molecule has 1 atom stereocenters. The highest BCUT2D eigenvalue weighted by molar-refractivity contribution is 5.77. The summed E-state index contributed by atoms with van der Waals surface area (Å²) in [5.74, 6) is 1.83. The minimum atomic E-state index is 0.230. The van der Waals surface area contributed by atoms with Crippen LogP contribution in [0.4, 0.5) is 0 Å². The van der Waals surface area contributed by atoms with Gasteiger partial charge in [0.15, 0.2) is 0 Å². The molecule has 21 heavy (non-hydrogen) atoms. The van der Waals surface area contributed by atoms with Crippen LogP contribution in [0.15, 0.2) is 59.0 Å². The molecule has 0 radical (unpaired) electrons. The second-order valence-electron chi connectivity index (χ2n) is 5.13. The van der Waals surface area contributed by atoms with E-state index in [1.165, 1.54) is 5.56 Å². The molecule has 1 heterocycles. The summed E-state index contributed by atoms with van der Waals surface area (Å²) in [6.45, 7) is 2.84. The Balaban J connectivity index is 1.68. The molecule has 0 amide bonds. The molecule has 3 aromatic rings. The maximum Gasteiger partial charge on any atom is 0.134 e. The molecule has 1 N–H and O–H groups in total. The third-order valence-electron chi connectivity index (χ3n) is 3.65. The zero-order valence-corrected chi connectivity index (χ0v) is 12.3. The molecular weight excluding hydrogens is 262 g/mol. The van der Waals surface area contributed by atoms with Crippen molar-refractivity contribution in [1.82, 2.24) is 5.32 Å². The van der Waals surface area contributed by atoms with Crippen LogP contribution in [0.2, 0.25) is 0 Å². The summed E-state index contributed by atoms with van der Waals surface area (Å²) in [5.41, 5.74) is 2.13. The van der Waals surface area contributed by atoms with Gasteiger partial charge in [-0.3, -0.25) is 0 Å². The van der Waals surface area contributed by atoms with Crippen LogP contribution in [0.1, 0.15) is 24.3 Å². The smallest absolute Gasteiger partial charge is 0.134 e. The molecule has 0 fully saturated rings. The van der Waals surface area contributed by atoms with Crippen LogP contribution in [-0.4, -0.2) is 7.11 Å². The molecule has 3 rings (SSSR count). The largest absolute Gasteiger partial charge is 0.497 e. The lowest BCUT2D eigenvalue weighted by Gasteiger charge is -2.14. The minimum Gasteiger partial charge on any atom is -0.497 e. The Morgan fingerprint density at radius 3 is 2.76 bits per heavy atom. The summed E-state index contributed by atoms with van der Waals surface area (Å²) in [4.78, 5) is 0. The molecular formula is C18H19NO2. The topological polar surface area (TPSA) is 34.4 Å². The molecule has 2 aromatic carbocycles. The van der Waals surface area contributed by atoms with E-state index in [0.29, 0.717) is 6.54 Å². The fraction of sp³-hybridized carbons (Fsp3) is 0.222. The highest BCUT2D eigenvalue weighted by atomic mass is 16.5. The van der Waals surface area contributed by atoms with Gasteiger partial charge in [0.2, 0.25) is 0 Å². The number of benzene rings is 2. The first-order valence-electron chi connectivity index (χ1n) is 7.11. The zero-order valence-electron chi connectivity index (χ0n) is 12.3. The number of rotatable bonds is 5. The van der Waals surface area contributed by atoms with Crippen LogP contribution < -0.4 is 10.1 Å². The highest BCUT2D eigenvalue weighted by Gasteiger charge is 2.08. The van der Waals surface area contributed by atoms with Crippen molar-refractivity contribution in [3.63, 3.8) is 0 Å². The van der Waals surface area contributed by atoms with Gasteiger partial charge < -0.3 is 14.5 Å². The number of para-hydroxylation sites is 1. The van der Waals surface area contributed by atoms with Crippen molar-refractivity contribution < 1.29 is 9.15 Å². The number of fused-ring (bicyclic) bond motifs is 1. The maximum atomic E-state index is 5.81. The Kier molecular flexibility index (Phi) is 3.93. The lowest BCUT2D eigenvalue weighted by Crippen LogP contribution is -2.17. The van der Waals surface area contributed by atoms with E-state index in [2.05, 4.69) is 36.5 Å². The molecule has 0 spiro atoms. The van der Waals surface area contributed by atoms with Gasteiger partial charge in [0.1, 0.15) is 17.1 Å². The molecule has 0 aliphatic carbocycles. The number of methoxy groups -OCH3 is 1. The van der Waals surface area contributed by atoms with Gasteiger partial charge in [-0.25, -0.2) is 0 Å². The fourth-order valence-corrected chi connectivity index (χ4v) is 2.41. The van der Waals surface area contributed by atoms with Gasteiger partial charge in [-0.05, 0) is 36.8 Å². The number of hydrogen-bond acceptors (Lipinski definition) is 3. The number of furan rings is 1. The first kappa shape index (κ1) is 13.7. The summed E-state index contributed by atoms with van der Waals surface area (Å²) in [6.07, 6.45) is 0. The molecule has 0 aliphatic rings. The number of hydrogen-bond donors (Lipinski definition) is 1. The highest BCUT2D eigenvalue weighted by Crippen LogP contribution is 2.21. The van der Waals surface area contributed by atoms with Crippen LogP contribution in [0, 0.1) is 0 Å². The first-order chi connectivity index (χ1) is 10.3. The standard InChI is InChI=1S/C18H19NO2/c1-13(14-7-5-8-16(10-14)20-2)19-12-17-11-15-6-3-4-9-18(15)21-17/h3-11,13,19H,12H2,1-2H3/t13-/m1/s1. The Labute approximate surface area is 124 Å². The van der Waals surface area contributed by atoms with Crippen LogP contribution in [0.25, 0.3) is 11.0 Å². The second-order valence-corrected chi connectivity index (χ2v) is 5.13. The maximum absolute atomic E-state index is 5.81. The summed E-state index contributed by atoms with van der Waals surface area (Å²) < 4.78 is 11.1. The van der Waals surface area contributed by atoms with Crippen molar-refractivity contribution in [3.8, 4) is 5.75 Å². The summed E-state index contributed by atoms with van der Waals surface area (Å²) in [7, 11) is 1.69. The summed E-state index contributed by atoms with van der Waals surface area (Å²) in [6, 6.07) is 18.5. The molecule has 3 nitrogen and oxygen atoms in total. The van der Waals surface area contributed by atoms with Gasteiger partial charge in [0.25, 0.3) is 0 Å². The van der Waals surface area contributed by atoms with E-state index in [0.717, 1.165) is 22.5 Å². The summed E-state index contributed by atoms with van der Waals surface area (Å²) >= 11 is 0. The minimum absolute atomic E-state index is 0.230. The van der Waals surface area contributed by atoms with Crippen molar-refractivity contribution in [3.05, 3.63) is 65.9 Å². The quantitative estimate of drug-likeness (QED) is 0.757. The SMILES string of the molecule is COc1cccc([C@@H](C)NCc2cc3ccccc3o2)c1. The average molecular weight is 281 g/mol. The lowest BCUT2D eigenvalue weighted by atomic mass is 10.1. The van der Waals surface area contributed by atoms with E-state index in [9.17, 15) is 0 Å². The van der Waals surface area contributed by atoms with Gasteiger partial charge in [-0.1, -0.05) is 30.3 Å². The van der Waals surface area contributed by atoms with Crippen LogP contribution in [-0.2, 0) is 6.54 Å². The van der Waals surface area contributed by atoms with E-state index in [1.807, 2.05) is 30.3 Å². The Hall–Kier alpha value is -2.26. The van der Waals surface area contributed by atoms with Crippen LogP contribution in [0.5, 0.6) is 5.75 Å². The van der Waals surface area contributed by atoms with Gasteiger partial charge in [-0.15, -0.1) is 0 Å². The predicted octanol–water partition coefficient (Wildman–Crippen LogP) is 4.29. The third-order valence-corrected chi connectivity index (χ3v) is 3.65. The van der Waals surface area contributed by atoms with E-state index in [4.69, 9.17) is 9.15 Å². The van der Waals surface area contributed by atoms with Crippen molar-refractivity contribution in [1.29, 1.82) is 0 Å². The zero-order chi connectivity index (χ0) is 14.7. The lowest BCUT2D eigenvalue weighted by molar-refractivity contribution is 0.413. The van der Waals surface area contributed by atoms with Gasteiger partial charge in [0, 0.05) is 11.4 Å². The van der Waals surface area contributed by atoms with Crippen molar-refractivity contribution >= 4 is 11.0 Å².